The molecule has 0 aromatic heterocycles. The first-order chi connectivity index (χ1) is 6.92. The van der Waals surface area contributed by atoms with Gasteiger partial charge in [0.15, 0.2) is 0 Å². The SMILES string of the molecule is NC(N)=NNS(=O)(=O)c1ccc(Cl)cc1. The Labute approximate surface area is 92.0 Å². The van der Waals surface area contributed by atoms with E-state index in [2.05, 4.69) is 5.10 Å². The van der Waals surface area contributed by atoms with Crippen molar-refractivity contribution in [2.24, 2.45) is 16.6 Å². The molecule has 0 spiro atoms. The van der Waals surface area contributed by atoms with Crippen molar-refractivity contribution in [3.8, 4) is 0 Å². The van der Waals surface area contributed by atoms with Crippen molar-refractivity contribution in [1.82, 2.24) is 4.83 Å². The van der Waals surface area contributed by atoms with Crippen LogP contribution < -0.4 is 16.3 Å². The number of nitrogens with zero attached hydrogens (tertiary/aromatic N) is 1. The van der Waals surface area contributed by atoms with Gasteiger partial charge in [0.1, 0.15) is 0 Å². The second-order valence-electron chi connectivity index (χ2n) is 2.59. The van der Waals surface area contributed by atoms with Crippen LogP contribution in [0.3, 0.4) is 0 Å². The van der Waals surface area contributed by atoms with E-state index in [0.717, 1.165) is 0 Å². The smallest absolute Gasteiger partial charge is 0.276 e. The molecule has 6 nitrogen and oxygen atoms in total. The van der Waals surface area contributed by atoms with Gasteiger partial charge in [-0.15, -0.1) is 5.10 Å². The third-order valence-electron chi connectivity index (χ3n) is 1.42. The molecule has 0 heterocycles. The van der Waals surface area contributed by atoms with E-state index in [-0.39, 0.29) is 10.9 Å². The van der Waals surface area contributed by atoms with Crippen molar-refractivity contribution in [2.75, 3.05) is 0 Å². The first kappa shape index (κ1) is 11.6. The maximum absolute atomic E-state index is 11.5. The van der Waals surface area contributed by atoms with Crippen LogP contribution in [0.25, 0.3) is 0 Å². The van der Waals surface area contributed by atoms with Crippen molar-refractivity contribution >= 4 is 27.6 Å². The molecule has 0 saturated heterocycles. The number of halogens is 1. The fourth-order valence-corrected chi connectivity index (χ4v) is 1.73. The van der Waals surface area contributed by atoms with Gasteiger partial charge in [-0.2, -0.15) is 13.2 Å². The molecule has 0 amide bonds. The van der Waals surface area contributed by atoms with Gasteiger partial charge in [-0.1, -0.05) is 11.6 Å². The molecular weight excluding hydrogens is 240 g/mol. The van der Waals surface area contributed by atoms with Crippen molar-refractivity contribution in [1.29, 1.82) is 0 Å². The van der Waals surface area contributed by atoms with Crippen molar-refractivity contribution in [3.05, 3.63) is 29.3 Å². The van der Waals surface area contributed by atoms with Gasteiger partial charge in [-0.05, 0) is 24.3 Å². The Balaban J connectivity index is 2.97. The van der Waals surface area contributed by atoms with E-state index in [1.165, 1.54) is 24.3 Å². The van der Waals surface area contributed by atoms with Crippen LogP contribution in [0.4, 0.5) is 0 Å². The normalized spacial score (nSPS) is 10.7. The van der Waals surface area contributed by atoms with Crippen LogP contribution in [-0.2, 0) is 10.0 Å². The lowest BCUT2D eigenvalue weighted by Crippen LogP contribution is -2.29. The quantitative estimate of drug-likeness (QED) is 0.391. The van der Waals surface area contributed by atoms with E-state index in [0.29, 0.717) is 5.02 Å². The molecule has 1 rings (SSSR count). The molecule has 0 aliphatic carbocycles. The summed E-state index contributed by atoms with van der Waals surface area (Å²) in [5.41, 5.74) is 9.96. The third-order valence-corrected chi connectivity index (χ3v) is 2.90. The van der Waals surface area contributed by atoms with E-state index >= 15 is 0 Å². The monoisotopic (exact) mass is 248 g/mol. The summed E-state index contributed by atoms with van der Waals surface area (Å²) < 4.78 is 23.0. The lowest BCUT2D eigenvalue weighted by atomic mass is 10.4. The minimum absolute atomic E-state index is 0.0249. The van der Waals surface area contributed by atoms with Crippen LogP contribution in [0.5, 0.6) is 0 Å². The first-order valence-corrected chi connectivity index (χ1v) is 5.64. The lowest BCUT2D eigenvalue weighted by Gasteiger charge is -2.03. The average molecular weight is 249 g/mol. The highest BCUT2D eigenvalue weighted by atomic mass is 35.5. The van der Waals surface area contributed by atoms with Crippen molar-refractivity contribution in [3.63, 3.8) is 0 Å². The highest BCUT2D eigenvalue weighted by Crippen LogP contribution is 2.13. The number of benzene rings is 1. The largest absolute Gasteiger partial charge is 0.369 e. The average Bonchev–Trinajstić information content (AvgIpc) is 2.16. The molecule has 1 aromatic rings. The zero-order valence-corrected chi connectivity index (χ0v) is 9.09. The van der Waals surface area contributed by atoms with Crippen LogP contribution in [0.1, 0.15) is 0 Å². The predicted molar refractivity (Wildman–Crippen MR) is 57.6 cm³/mol. The molecule has 15 heavy (non-hydrogen) atoms. The predicted octanol–water partition coefficient (Wildman–Crippen LogP) is -0.193. The van der Waals surface area contributed by atoms with Crippen LogP contribution in [0.15, 0.2) is 34.3 Å². The molecule has 0 radical (unpaired) electrons. The van der Waals surface area contributed by atoms with Gasteiger partial charge >= 0.3 is 0 Å². The second kappa shape index (κ2) is 4.37. The van der Waals surface area contributed by atoms with Gasteiger partial charge in [0.05, 0.1) is 4.90 Å². The zero-order valence-electron chi connectivity index (χ0n) is 7.51. The number of hydrogen-bond donors (Lipinski definition) is 3. The summed E-state index contributed by atoms with van der Waals surface area (Å²) >= 11 is 5.61. The van der Waals surface area contributed by atoms with E-state index in [1.54, 1.807) is 0 Å². The molecule has 0 aliphatic heterocycles. The summed E-state index contributed by atoms with van der Waals surface area (Å²) in [4.78, 5) is 1.89. The van der Waals surface area contributed by atoms with Crippen LogP contribution in [-0.4, -0.2) is 14.4 Å². The van der Waals surface area contributed by atoms with Crippen LogP contribution in [0.2, 0.25) is 5.02 Å². The van der Waals surface area contributed by atoms with Gasteiger partial charge in [0, 0.05) is 5.02 Å². The number of guanidine groups is 1. The Kier molecular flexibility index (Phi) is 3.38. The Hall–Kier alpha value is -1.47. The highest BCUT2D eigenvalue weighted by Gasteiger charge is 2.12. The molecule has 0 aliphatic rings. The fourth-order valence-electron chi connectivity index (χ4n) is 0.779. The molecule has 8 heteroatoms. The standard InChI is InChI=1S/C7H9ClN4O2S/c8-5-1-3-6(4-2-5)15(13,14)12-11-7(9)10/h1-4,12H,(H4,9,10,11). The number of rotatable bonds is 3. The summed E-state index contributed by atoms with van der Waals surface area (Å²) in [5, 5.41) is 3.64. The fraction of sp³-hybridized carbons (Fsp3) is 0. The van der Waals surface area contributed by atoms with Gasteiger partial charge in [-0.25, -0.2) is 0 Å². The summed E-state index contributed by atoms with van der Waals surface area (Å²) in [6, 6.07) is 5.58. The number of nitrogens with one attached hydrogen (secondary N) is 1. The van der Waals surface area contributed by atoms with E-state index < -0.39 is 10.0 Å². The summed E-state index contributed by atoms with van der Waals surface area (Å²) in [6.45, 7) is 0. The van der Waals surface area contributed by atoms with E-state index in [9.17, 15) is 8.42 Å². The Bertz CT molecular complexity index is 464. The third kappa shape index (κ3) is 3.30. The Morgan fingerprint density at radius 1 is 1.27 bits per heavy atom. The molecular formula is C7H9ClN4O2S. The van der Waals surface area contributed by atoms with E-state index in [4.69, 9.17) is 23.1 Å². The number of nitrogens with two attached hydrogens (primary N) is 2. The van der Waals surface area contributed by atoms with Crippen LogP contribution in [0, 0.1) is 0 Å². The number of hydrazone groups is 1. The number of sulfonamides is 1. The van der Waals surface area contributed by atoms with Gasteiger partial charge < -0.3 is 11.5 Å². The minimum Gasteiger partial charge on any atom is -0.369 e. The lowest BCUT2D eigenvalue weighted by molar-refractivity contribution is 0.584. The van der Waals surface area contributed by atoms with Gasteiger partial charge in [-0.3, -0.25) is 0 Å². The Morgan fingerprint density at radius 2 is 1.80 bits per heavy atom. The summed E-state index contributed by atoms with van der Waals surface area (Å²) in [5.74, 6) is -0.368. The maximum atomic E-state index is 11.5. The van der Waals surface area contributed by atoms with Crippen LogP contribution >= 0.6 is 11.6 Å². The van der Waals surface area contributed by atoms with Gasteiger partial charge in [0.25, 0.3) is 10.0 Å². The maximum Gasteiger partial charge on any atom is 0.276 e. The first-order valence-electron chi connectivity index (χ1n) is 3.78. The van der Waals surface area contributed by atoms with E-state index in [1.807, 2.05) is 4.83 Å². The second-order valence-corrected chi connectivity index (χ2v) is 4.68. The Morgan fingerprint density at radius 3 is 2.27 bits per heavy atom. The number of hydrogen-bond acceptors (Lipinski definition) is 3. The molecule has 0 unspecified atom stereocenters. The minimum atomic E-state index is -3.73. The highest BCUT2D eigenvalue weighted by molar-refractivity contribution is 7.89. The summed E-state index contributed by atoms with van der Waals surface area (Å²) in [6.07, 6.45) is 0. The van der Waals surface area contributed by atoms with Crippen molar-refractivity contribution in [2.45, 2.75) is 4.90 Å². The molecule has 0 atom stereocenters. The topological polar surface area (TPSA) is 111 Å². The molecule has 0 fully saturated rings. The molecule has 1 aromatic carbocycles. The van der Waals surface area contributed by atoms with Gasteiger partial charge in [0.2, 0.25) is 5.96 Å². The molecule has 0 bridgehead atoms. The molecule has 5 N–H and O–H groups in total. The summed E-state index contributed by atoms with van der Waals surface area (Å²) in [7, 11) is -3.73. The molecule has 0 saturated carbocycles. The zero-order chi connectivity index (χ0) is 11.5. The molecule has 82 valence electrons. The van der Waals surface area contributed by atoms with Crippen molar-refractivity contribution < 1.29 is 8.42 Å².